The van der Waals surface area contributed by atoms with Crippen molar-refractivity contribution in [3.8, 4) is 44.5 Å². The van der Waals surface area contributed by atoms with E-state index in [1.807, 2.05) is 0 Å². The minimum atomic E-state index is 1.25. The van der Waals surface area contributed by atoms with Crippen molar-refractivity contribution in [2.75, 3.05) is 0 Å². The van der Waals surface area contributed by atoms with Gasteiger partial charge in [-0.25, -0.2) is 0 Å². The van der Waals surface area contributed by atoms with Crippen molar-refractivity contribution in [1.82, 2.24) is 0 Å². The van der Waals surface area contributed by atoms with E-state index in [-0.39, 0.29) is 0 Å². The first-order valence-electron chi connectivity index (χ1n) is 9.71. The first-order chi connectivity index (χ1) is 13.9. The Labute approximate surface area is 164 Å². The van der Waals surface area contributed by atoms with Crippen LogP contribution in [-0.4, -0.2) is 0 Å². The number of rotatable bonds is 2. The predicted octanol–water partition coefficient (Wildman–Crippen LogP) is 7.82. The summed E-state index contributed by atoms with van der Waals surface area (Å²) in [5, 5.41) is 2.71. The van der Waals surface area contributed by atoms with Crippen LogP contribution in [0.3, 0.4) is 0 Å². The predicted molar refractivity (Wildman–Crippen MR) is 119 cm³/mol. The van der Waals surface area contributed by atoms with Gasteiger partial charge in [0.05, 0.1) is 0 Å². The Kier molecular flexibility index (Phi) is 3.27. The summed E-state index contributed by atoms with van der Waals surface area (Å²) in [5.41, 5.74) is 10.5. The van der Waals surface area contributed by atoms with Gasteiger partial charge in [0.2, 0.25) is 0 Å². The van der Waals surface area contributed by atoms with Crippen LogP contribution < -0.4 is 0 Å². The second-order valence-electron chi connectivity index (χ2n) is 7.38. The minimum absolute atomic E-state index is 1.25. The van der Waals surface area contributed by atoms with Crippen LogP contribution in [0.5, 0.6) is 0 Å². The van der Waals surface area contributed by atoms with Crippen molar-refractivity contribution in [2.45, 2.75) is 0 Å². The average Bonchev–Trinajstić information content (AvgIpc) is 3.11. The normalized spacial score (nSPS) is 11.6. The van der Waals surface area contributed by atoms with Crippen LogP contribution in [0, 0.1) is 0 Å². The van der Waals surface area contributed by atoms with Gasteiger partial charge in [-0.05, 0) is 61.3 Å². The summed E-state index contributed by atoms with van der Waals surface area (Å²) in [7, 11) is 0. The third-order valence-corrected chi connectivity index (χ3v) is 5.83. The second-order valence-corrected chi connectivity index (χ2v) is 7.38. The minimum Gasteiger partial charge on any atom is -0.0622 e. The average molecular weight is 354 g/mol. The van der Waals surface area contributed by atoms with Gasteiger partial charge in [0, 0.05) is 0 Å². The maximum Gasteiger partial charge on any atom is -0.00201 e. The van der Waals surface area contributed by atoms with Gasteiger partial charge in [0.25, 0.3) is 0 Å². The van der Waals surface area contributed by atoms with Gasteiger partial charge in [-0.15, -0.1) is 0 Å². The van der Waals surface area contributed by atoms with E-state index in [2.05, 4.69) is 109 Å². The zero-order valence-corrected chi connectivity index (χ0v) is 15.4. The molecule has 0 radical (unpaired) electrons. The zero-order chi connectivity index (χ0) is 18.5. The molecule has 0 aliphatic heterocycles. The molecule has 0 spiro atoms. The monoisotopic (exact) mass is 354 g/mol. The van der Waals surface area contributed by atoms with Crippen LogP contribution in [-0.2, 0) is 0 Å². The highest BCUT2D eigenvalue weighted by atomic mass is 14.2. The molecule has 0 heteroatoms. The maximum absolute atomic E-state index is 2.31. The summed E-state index contributed by atoms with van der Waals surface area (Å²) < 4.78 is 0. The molecule has 0 N–H and O–H groups in total. The van der Waals surface area contributed by atoms with Gasteiger partial charge in [0.1, 0.15) is 0 Å². The first-order valence-corrected chi connectivity index (χ1v) is 9.71. The van der Waals surface area contributed by atoms with E-state index in [0.717, 1.165) is 0 Å². The van der Waals surface area contributed by atoms with Gasteiger partial charge in [0.15, 0.2) is 0 Å². The first kappa shape index (κ1) is 15.4. The fourth-order valence-corrected chi connectivity index (χ4v) is 4.56. The summed E-state index contributed by atoms with van der Waals surface area (Å²) in [6, 6.07) is 39.5. The van der Waals surface area contributed by atoms with Crippen LogP contribution in [0.1, 0.15) is 0 Å². The molecule has 130 valence electrons. The highest BCUT2D eigenvalue weighted by molar-refractivity contribution is 6.18. The van der Waals surface area contributed by atoms with Gasteiger partial charge in [-0.3, -0.25) is 0 Å². The quantitative estimate of drug-likeness (QED) is 0.297. The highest BCUT2D eigenvalue weighted by Crippen LogP contribution is 2.49. The van der Waals surface area contributed by atoms with E-state index >= 15 is 0 Å². The Bertz CT molecular complexity index is 1310. The number of hydrogen-bond acceptors (Lipinski definition) is 0. The molecule has 0 atom stereocenters. The Morgan fingerprint density at radius 3 is 1.71 bits per heavy atom. The van der Waals surface area contributed by atoms with E-state index in [1.54, 1.807) is 0 Å². The molecule has 1 aliphatic carbocycles. The molecule has 0 saturated carbocycles. The molecule has 0 bridgehead atoms. The van der Waals surface area contributed by atoms with Gasteiger partial charge in [-0.2, -0.15) is 0 Å². The Balaban J connectivity index is 1.60. The molecule has 6 rings (SSSR count). The summed E-state index contributed by atoms with van der Waals surface area (Å²) >= 11 is 0. The van der Waals surface area contributed by atoms with Crippen LogP contribution in [0.25, 0.3) is 55.3 Å². The van der Waals surface area contributed by atoms with Crippen LogP contribution in [0.15, 0.2) is 109 Å². The molecule has 0 aromatic heterocycles. The smallest absolute Gasteiger partial charge is 0.00201 e. The van der Waals surface area contributed by atoms with E-state index in [9.17, 15) is 0 Å². The van der Waals surface area contributed by atoms with Gasteiger partial charge >= 0.3 is 0 Å². The zero-order valence-electron chi connectivity index (χ0n) is 15.4. The largest absolute Gasteiger partial charge is 0.0622 e. The molecule has 5 aromatic rings. The third kappa shape index (κ3) is 2.18. The van der Waals surface area contributed by atoms with Crippen molar-refractivity contribution in [1.29, 1.82) is 0 Å². The molecule has 0 fully saturated rings. The lowest BCUT2D eigenvalue weighted by molar-refractivity contribution is 1.60. The van der Waals surface area contributed by atoms with Crippen LogP contribution in [0.2, 0.25) is 0 Å². The van der Waals surface area contributed by atoms with Crippen molar-refractivity contribution in [3.05, 3.63) is 109 Å². The molecule has 0 saturated heterocycles. The van der Waals surface area contributed by atoms with Crippen LogP contribution >= 0.6 is 0 Å². The summed E-state index contributed by atoms with van der Waals surface area (Å²) in [6.07, 6.45) is 0. The van der Waals surface area contributed by atoms with Crippen molar-refractivity contribution >= 4 is 10.8 Å². The third-order valence-electron chi connectivity index (χ3n) is 5.83. The van der Waals surface area contributed by atoms with Crippen molar-refractivity contribution in [2.24, 2.45) is 0 Å². The summed E-state index contributed by atoms with van der Waals surface area (Å²) in [4.78, 5) is 0. The molecule has 0 heterocycles. The van der Waals surface area contributed by atoms with E-state index < -0.39 is 0 Å². The highest BCUT2D eigenvalue weighted by Gasteiger charge is 2.22. The fraction of sp³-hybridized carbons (Fsp3) is 0. The van der Waals surface area contributed by atoms with Gasteiger partial charge < -0.3 is 0 Å². The standard InChI is InChI=1S/C28H18/c1-2-8-19(9-3-1)20-10-6-11-21(18-20)22-16-17-27-24-13-5-4-12-23(24)26-15-7-14-25(22)28(26)27/h1-18H. The maximum atomic E-state index is 2.31. The van der Waals surface area contributed by atoms with Crippen molar-refractivity contribution in [3.63, 3.8) is 0 Å². The molecule has 1 aliphatic rings. The molecular weight excluding hydrogens is 336 g/mol. The molecular formula is C28H18. The lowest BCUT2D eigenvalue weighted by Gasteiger charge is -2.11. The van der Waals surface area contributed by atoms with E-state index in [1.165, 1.54) is 55.3 Å². The topological polar surface area (TPSA) is 0 Å². The second kappa shape index (κ2) is 5.94. The lowest BCUT2D eigenvalue weighted by Crippen LogP contribution is -1.85. The Hall–Kier alpha value is -3.64. The molecule has 0 unspecified atom stereocenters. The molecule has 5 aromatic carbocycles. The molecule has 0 amide bonds. The summed E-state index contributed by atoms with van der Waals surface area (Å²) in [6.45, 7) is 0. The Morgan fingerprint density at radius 2 is 0.893 bits per heavy atom. The fourth-order valence-electron chi connectivity index (χ4n) is 4.56. The van der Waals surface area contributed by atoms with Crippen LogP contribution in [0.4, 0.5) is 0 Å². The SMILES string of the molecule is c1ccc(-c2cccc(-c3ccc4c5c(cccc35)-c3ccccc3-4)c2)cc1. The molecule has 28 heavy (non-hydrogen) atoms. The summed E-state index contributed by atoms with van der Waals surface area (Å²) in [5.74, 6) is 0. The number of fused-ring (bicyclic) bond motifs is 3. The van der Waals surface area contributed by atoms with E-state index in [0.29, 0.717) is 0 Å². The number of hydrogen-bond donors (Lipinski definition) is 0. The Morgan fingerprint density at radius 1 is 0.321 bits per heavy atom. The van der Waals surface area contributed by atoms with E-state index in [4.69, 9.17) is 0 Å². The lowest BCUT2D eigenvalue weighted by atomic mass is 9.92. The van der Waals surface area contributed by atoms with Crippen molar-refractivity contribution < 1.29 is 0 Å². The molecule has 0 nitrogen and oxygen atoms in total. The number of benzene rings is 5. The van der Waals surface area contributed by atoms with Gasteiger partial charge in [-0.1, -0.05) is 103 Å².